The lowest BCUT2D eigenvalue weighted by Crippen LogP contribution is -2.13. The van der Waals surface area contributed by atoms with Gasteiger partial charge in [0.1, 0.15) is 22.7 Å². The molecule has 0 unspecified atom stereocenters. The Morgan fingerprint density at radius 3 is 3.05 bits per heavy atom. The quantitative estimate of drug-likeness (QED) is 0.607. The molecule has 0 saturated heterocycles. The van der Waals surface area contributed by atoms with Crippen molar-refractivity contribution in [3.63, 3.8) is 0 Å². The molecule has 3 rings (SSSR count). The van der Waals surface area contributed by atoms with Gasteiger partial charge in [0.2, 0.25) is 0 Å². The summed E-state index contributed by atoms with van der Waals surface area (Å²) in [6, 6.07) is 1.51. The minimum absolute atomic E-state index is 0.136. The van der Waals surface area contributed by atoms with Crippen molar-refractivity contribution in [3.05, 3.63) is 47.3 Å². The van der Waals surface area contributed by atoms with Crippen molar-refractivity contribution in [2.45, 2.75) is 0 Å². The molecule has 0 aromatic carbocycles. The average Bonchev–Trinajstić information content (AvgIpc) is 3.10. The minimum atomic E-state index is -0.674. The first-order valence-electron chi connectivity index (χ1n) is 6.30. The van der Waals surface area contributed by atoms with E-state index in [-0.39, 0.29) is 16.8 Å². The lowest BCUT2D eigenvalue weighted by molar-refractivity contribution is 0.100. The topological polar surface area (TPSA) is 101 Å². The molecular weight excluding hydrogens is 287 g/mol. The van der Waals surface area contributed by atoms with Gasteiger partial charge >= 0.3 is 0 Å². The van der Waals surface area contributed by atoms with Gasteiger partial charge in [0.15, 0.2) is 5.82 Å². The van der Waals surface area contributed by atoms with E-state index >= 15 is 0 Å². The molecule has 3 aromatic rings. The monoisotopic (exact) mass is 298 g/mol. The molecule has 0 spiro atoms. The highest BCUT2D eigenvalue weighted by atomic mass is 19.1. The Balaban J connectivity index is 2.06. The first kappa shape index (κ1) is 13.6. The highest BCUT2D eigenvalue weighted by Gasteiger charge is 2.16. The summed E-state index contributed by atoms with van der Waals surface area (Å²) in [5.74, 6) is 4.49. The summed E-state index contributed by atoms with van der Waals surface area (Å²) in [6.07, 6.45) is 4.47. The summed E-state index contributed by atoms with van der Waals surface area (Å²) in [4.78, 5) is 15.5. The fourth-order valence-corrected chi connectivity index (χ4v) is 2.01. The zero-order valence-corrected chi connectivity index (χ0v) is 11.5. The molecule has 0 atom stereocenters. The highest BCUT2D eigenvalue weighted by Crippen LogP contribution is 2.15. The van der Waals surface area contributed by atoms with Crippen molar-refractivity contribution in [2.75, 3.05) is 12.4 Å². The number of rotatable bonds is 2. The molecule has 110 valence electrons. The number of halogens is 1. The molecule has 3 aromatic heterocycles. The highest BCUT2D eigenvalue weighted by molar-refractivity contribution is 5.99. The number of pyridine rings is 1. The van der Waals surface area contributed by atoms with Crippen molar-refractivity contribution in [3.8, 4) is 11.8 Å². The molecule has 4 N–H and O–H groups in total. The van der Waals surface area contributed by atoms with E-state index in [4.69, 9.17) is 5.73 Å². The summed E-state index contributed by atoms with van der Waals surface area (Å²) >= 11 is 0. The summed E-state index contributed by atoms with van der Waals surface area (Å²) < 4.78 is 15.5. The average molecular weight is 298 g/mol. The Hall–Kier alpha value is -3.34. The van der Waals surface area contributed by atoms with Crippen LogP contribution < -0.4 is 11.1 Å². The fraction of sp³-hybridized carbons (Fsp3) is 0.0714. The van der Waals surface area contributed by atoms with Gasteiger partial charge in [0, 0.05) is 25.6 Å². The van der Waals surface area contributed by atoms with Crippen LogP contribution >= 0.6 is 0 Å². The normalized spacial score (nSPS) is 10.3. The minimum Gasteiger partial charge on any atom is -0.373 e. The van der Waals surface area contributed by atoms with Crippen LogP contribution in [0.15, 0.2) is 24.7 Å². The van der Waals surface area contributed by atoms with E-state index in [1.807, 2.05) is 0 Å². The number of hydrogen-bond acceptors (Lipinski definition) is 4. The van der Waals surface area contributed by atoms with Gasteiger partial charge < -0.3 is 15.5 Å². The van der Waals surface area contributed by atoms with Crippen LogP contribution in [0.3, 0.4) is 0 Å². The first-order valence-corrected chi connectivity index (χ1v) is 6.30. The number of nitrogens with zero attached hydrogens (tertiary/aromatic N) is 3. The van der Waals surface area contributed by atoms with Crippen LogP contribution in [0.4, 0.5) is 10.2 Å². The summed E-state index contributed by atoms with van der Waals surface area (Å²) in [5, 5.41) is 9.26. The lowest BCUT2D eigenvalue weighted by Gasteiger charge is -1.98. The number of imidazole rings is 1. The largest absolute Gasteiger partial charge is 0.373 e. The second kappa shape index (κ2) is 5.21. The maximum Gasteiger partial charge on any atom is 0.255 e. The van der Waals surface area contributed by atoms with Gasteiger partial charge in [0.25, 0.3) is 5.91 Å². The van der Waals surface area contributed by atoms with Gasteiger partial charge in [-0.05, 0) is 12.0 Å². The van der Waals surface area contributed by atoms with E-state index in [0.29, 0.717) is 11.5 Å². The van der Waals surface area contributed by atoms with E-state index in [0.717, 1.165) is 0 Å². The van der Waals surface area contributed by atoms with E-state index in [1.54, 1.807) is 23.8 Å². The molecule has 22 heavy (non-hydrogen) atoms. The van der Waals surface area contributed by atoms with Crippen LogP contribution in [-0.4, -0.2) is 32.5 Å². The van der Waals surface area contributed by atoms with E-state index in [9.17, 15) is 9.18 Å². The van der Waals surface area contributed by atoms with Crippen molar-refractivity contribution < 1.29 is 9.18 Å². The van der Waals surface area contributed by atoms with Crippen molar-refractivity contribution in [1.82, 2.24) is 19.6 Å². The Bertz CT molecular complexity index is 930. The van der Waals surface area contributed by atoms with Crippen LogP contribution in [0, 0.1) is 17.7 Å². The number of nitrogens with two attached hydrogens (primary N) is 1. The molecule has 0 saturated carbocycles. The summed E-state index contributed by atoms with van der Waals surface area (Å²) in [7, 11) is 1.61. The molecule has 0 radical (unpaired) electrons. The van der Waals surface area contributed by atoms with Crippen molar-refractivity contribution in [1.29, 1.82) is 0 Å². The number of fused-ring (bicyclic) bond motifs is 1. The zero-order valence-electron chi connectivity index (χ0n) is 11.5. The smallest absolute Gasteiger partial charge is 0.255 e. The number of carbonyl (C=O) groups is 1. The number of carbonyl (C=O) groups excluding carboxylic acids is 1. The maximum atomic E-state index is 13.9. The molecule has 0 aliphatic rings. The number of aromatic amines is 1. The van der Waals surface area contributed by atoms with Gasteiger partial charge in [0.05, 0.1) is 5.56 Å². The molecule has 8 heteroatoms. The third kappa shape index (κ3) is 2.25. The predicted molar refractivity (Wildman–Crippen MR) is 77.8 cm³/mol. The number of primary amides is 1. The number of hydrogen-bond donors (Lipinski definition) is 3. The molecule has 7 nitrogen and oxygen atoms in total. The Morgan fingerprint density at radius 2 is 2.32 bits per heavy atom. The van der Waals surface area contributed by atoms with Crippen LogP contribution in [0.2, 0.25) is 0 Å². The fourth-order valence-electron chi connectivity index (χ4n) is 2.01. The van der Waals surface area contributed by atoms with Crippen molar-refractivity contribution >= 4 is 17.4 Å². The third-order valence-corrected chi connectivity index (χ3v) is 3.06. The predicted octanol–water partition coefficient (Wildman–Crippen LogP) is 0.737. The van der Waals surface area contributed by atoms with Crippen LogP contribution in [0.25, 0.3) is 5.65 Å². The van der Waals surface area contributed by atoms with E-state index in [1.165, 1.54) is 12.3 Å². The Morgan fingerprint density at radius 1 is 1.50 bits per heavy atom. The SMILES string of the molecule is CNc1[nH]nc(C#Cc2cc3nccn3cc2F)c1C(N)=O. The molecule has 0 bridgehead atoms. The van der Waals surface area contributed by atoms with Gasteiger partial charge in [-0.1, -0.05) is 5.92 Å². The Labute approximate surface area is 124 Å². The van der Waals surface area contributed by atoms with Crippen LogP contribution in [-0.2, 0) is 0 Å². The van der Waals surface area contributed by atoms with Gasteiger partial charge in [-0.3, -0.25) is 9.89 Å². The number of amides is 1. The second-order valence-electron chi connectivity index (χ2n) is 4.41. The molecule has 3 heterocycles. The molecule has 0 aliphatic heterocycles. The number of anilines is 1. The third-order valence-electron chi connectivity index (χ3n) is 3.06. The number of nitrogens with one attached hydrogen (secondary N) is 2. The van der Waals surface area contributed by atoms with Gasteiger partial charge in [-0.15, -0.1) is 0 Å². The zero-order chi connectivity index (χ0) is 15.7. The van der Waals surface area contributed by atoms with Gasteiger partial charge in [-0.2, -0.15) is 5.10 Å². The van der Waals surface area contributed by atoms with Crippen LogP contribution in [0.1, 0.15) is 21.6 Å². The number of aromatic nitrogens is 4. The van der Waals surface area contributed by atoms with Gasteiger partial charge in [-0.25, -0.2) is 9.37 Å². The molecule has 0 fully saturated rings. The maximum absolute atomic E-state index is 13.9. The summed E-state index contributed by atoms with van der Waals surface area (Å²) in [5.41, 5.74) is 6.31. The van der Waals surface area contributed by atoms with E-state index in [2.05, 4.69) is 32.3 Å². The molecular formula is C14H11FN6O. The molecule has 0 aliphatic carbocycles. The Kier molecular flexibility index (Phi) is 3.23. The summed E-state index contributed by atoms with van der Waals surface area (Å²) in [6.45, 7) is 0. The molecule has 1 amide bonds. The van der Waals surface area contributed by atoms with Crippen molar-refractivity contribution in [2.24, 2.45) is 5.73 Å². The second-order valence-corrected chi connectivity index (χ2v) is 4.41. The lowest BCUT2D eigenvalue weighted by atomic mass is 10.2. The first-order chi connectivity index (χ1) is 10.6. The standard InChI is InChI=1S/C14H11FN6O/c1-17-14-12(13(16)22)10(19-20-14)3-2-8-6-11-18-4-5-21(11)7-9(8)15/h4-7H,1H3,(H2,16,22)(H2,17,19,20). The van der Waals surface area contributed by atoms with E-state index < -0.39 is 11.7 Å². The number of H-pyrrole nitrogens is 1. The van der Waals surface area contributed by atoms with Crippen LogP contribution in [0.5, 0.6) is 0 Å².